The van der Waals surface area contributed by atoms with Crippen LogP contribution in [0.15, 0.2) is 49.1 Å². The molecule has 11 heteroatoms. The SMILES string of the molecule is Cc1cc(C(=O)NC2(C)CCN(c3ccc(-c4cc(OCC(C)(C)O)cn5ncc(C#N)c45)cn3)CC2)c(F)cn1. The third-order valence-electron chi connectivity index (χ3n) is 7.20. The van der Waals surface area contributed by atoms with Gasteiger partial charge in [0.1, 0.15) is 24.2 Å². The van der Waals surface area contributed by atoms with Gasteiger partial charge in [0.2, 0.25) is 0 Å². The molecule has 41 heavy (non-hydrogen) atoms. The first kappa shape index (κ1) is 28.0. The number of nitriles is 1. The highest BCUT2D eigenvalue weighted by atomic mass is 19.1. The minimum Gasteiger partial charge on any atom is -0.489 e. The van der Waals surface area contributed by atoms with Crippen LogP contribution in [0.25, 0.3) is 16.6 Å². The lowest BCUT2D eigenvalue weighted by molar-refractivity contribution is 0.0283. The number of aromatic nitrogens is 4. The number of hydrogen-bond donors (Lipinski definition) is 2. The molecule has 4 aromatic heterocycles. The molecule has 1 saturated heterocycles. The molecule has 0 aliphatic carbocycles. The van der Waals surface area contributed by atoms with Crippen LogP contribution in [0.3, 0.4) is 0 Å². The maximum Gasteiger partial charge on any atom is 0.254 e. The number of nitrogens with one attached hydrogen (secondary N) is 1. The largest absolute Gasteiger partial charge is 0.489 e. The monoisotopic (exact) mass is 557 g/mol. The normalized spacial score (nSPS) is 15.0. The Kier molecular flexibility index (Phi) is 7.36. The second kappa shape index (κ2) is 10.8. The van der Waals surface area contributed by atoms with E-state index in [0.29, 0.717) is 48.5 Å². The Morgan fingerprint density at radius 1 is 1.22 bits per heavy atom. The van der Waals surface area contributed by atoms with Gasteiger partial charge < -0.3 is 20.1 Å². The second-order valence-electron chi connectivity index (χ2n) is 11.4. The summed E-state index contributed by atoms with van der Waals surface area (Å²) in [6.07, 6.45) is 7.34. The Bertz CT molecular complexity index is 1630. The van der Waals surface area contributed by atoms with E-state index in [1.165, 1.54) is 12.3 Å². The summed E-state index contributed by atoms with van der Waals surface area (Å²) in [6.45, 7) is 8.43. The molecule has 0 spiro atoms. The van der Waals surface area contributed by atoms with Crippen LogP contribution in [0.5, 0.6) is 5.75 Å². The molecule has 2 N–H and O–H groups in total. The molecule has 10 nitrogen and oxygen atoms in total. The number of ether oxygens (including phenoxy) is 1. The molecule has 0 bridgehead atoms. The van der Waals surface area contributed by atoms with Gasteiger partial charge >= 0.3 is 0 Å². The molecule has 1 aliphatic rings. The molecule has 1 fully saturated rings. The molecule has 1 aliphatic heterocycles. The van der Waals surface area contributed by atoms with E-state index in [4.69, 9.17) is 9.72 Å². The highest BCUT2D eigenvalue weighted by Gasteiger charge is 2.33. The van der Waals surface area contributed by atoms with Gasteiger partial charge in [-0.2, -0.15) is 10.4 Å². The summed E-state index contributed by atoms with van der Waals surface area (Å²) in [5.41, 5.74) is 1.67. The predicted molar refractivity (Wildman–Crippen MR) is 151 cm³/mol. The smallest absolute Gasteiger partial charge is 0.254 e. The van der Waals surface area contributed by atoms with E-state index in [1.54, 1.807) is 37.7 Å². The van der Waals surface area contributed by atoms with Crippen molar-refractivity contribution in [2.45, 2.75) is 51.7 Å². The number of hydrogen-bond acceptors (Lipinski definition) is 8. The Labute approximate surface area is 237 Å². The lowest BCUT2D eigenvalue weighted by Gasteiger charge is -2.40. The zero-order valence-electron chi connectivity index (χ0n) is 23.5. The fraction of sp³-hybridized carbons (Fsp3) is 0.367. The molecule has 0 radical (unpaired) electrons. The standard InChI is InChI=1S/C30H32FN7O3/c1-19-11-24(25(31)16-33-19)28(39)36-30(4)7-9-37(10-8-30)26-6-5-20(14-34-26)23-12-22(41-18-29(2,3)40)17-38-27(23)21(13-32)15-35-38/h5-6,11-12,14-17,40H,7-10,18H2,1-4H3,(H,36,39). The summed E-state index contributed by atoms with van der Waals surface area (Å²) in [5, 5.41) is 27.0. The quantitative estimate of drug-likeness (QED) is 0.348. The third kappa shape index (κ3) is 6.12. The Balaban J connectivity index is 1.32. The molecule has 0 aromatic carbocycles. The van der Waals surface area contributed by atoms with Crippen molar-refractivity contribution in [1.29, 1.82) is 5.26 Å². The maximum absolute atomic E-state index is 14.2. The summed E-state index contributed by atoms with van der Waals surface area (Å²) in [5.74, 6) is 0.217. The van der Waals surface area contributed by atoms with E-state index in [2.05, 4.69) is 26.4 Å². The van der Waals surface area contributed by atoms with Crippen LogP contribution in [-0.4, -0.2) is 61.4 Å². The first-order valence-electron chi connectivity index (χ1n) is 13.4. The van der Waals surface area contributed by atoms with Gasteiger partial charge in [0.05, 0.1) is 40.8 Å². The minimum atomic E-state index is -1.01. The van der Waals surface area contributed by atoms with Gasteiger partial charge in [0.25, 0.3) is 5.91 Å². The number of anilines is 1. The van der Waals surface area contributed by atoms with Crippen LogP contribution in [0, 0.1) is 24.1 Å². The van der Waals surface area contributed by atoms with Gasteiger partial charge in [-0.25, -0.2) is 13.9 Å². The number of aryl methyl sites for hydroxylation is 1. The highest BCUT2D eigenvalue weighted by Crippen LogP contribution is 2.32. The van der Waals surface area contributed by atoms with Crippen LogP contribution < -0.4 is 15.0 Å². The third-order valence-corrected chi connectivity index (χ3v) is 7.20. The predicted octanol–water partition coefficient (Wildman–Crippen LogP) is 4.05. The Hall–Kier alpha value is -4.56. The van der Waals surface area contributed by atoms with Crippen molar-refractivity contribution >= 4 is 17.2 Å². The summed E-state index contributed by atoms with van der Waals surface area (Å²) < 4.78 is 21.6. The number of halogens is 1. The zero-order chi connectivity index (χ0) is 29.4. The maximum atomic E-state index is 14.2. The first-order chi connectivity index (χ1) is 19.4. The number of carbonyl (C=O) groups is 1. The minimum absolute atomic E-state index is 0.000184. The van der Waals surface area contributed by atoms with E-state index in [1.807, 2.05) is 25.1 Å². The summed E-state index contributed by atoms with van der Waals surface area (Å²) in [6, 6.07) is 9.34. The van der Waals surface area contributed by atoms with Crippen molar-refractivity contribution in [3.63, 3.8) is 0 Å². The lowest BCUT2D eigenvalue weighted by atomic mass is 9.89. The number of carbonyl (C=O) groups excluding carboxylic acids is 1. The molecule has 4 aromatic rings. The van der Waals surface area contributed by atoms with Gasteiger partial charge in [0.15, 0.2) is 5.82 Å². The van der Waals surface area contributed by atoms with Crippen molar-refractivity contribution in [3.8, 4) is 22.9 Å². The van der Waals surface area contributed by atoms with E-state index in [9.17, 15) is 19.6 Å². The van der Waals surface area contributed by atoms with E-state index >= 15 is 0 Å². The molecule has 0 saturated carbocycles. The number of amides is 1. The van der Waals surface area contributed by atoms with Crippen LogP contribution in [0.2, 0.25) is 0 Å². The molecule has 212 valence electrons. The number of pyridine rings is 3. The highest BCUT2D eigenvalue weighted by molar-refractivity contribution is 5.95. The van der Waals surface area contributed by atoms with Gasteiger partial charge in [-0.3, -0.25) is 9.78 Å². The number of aliphatic hydroxyl groups is 1. The molecular weight excluding hydrogens is 525 g/mol. The molecule has 1 amide bonds. The fourth-order valence-corrected chi connectivity index (χ4v) is 4.88. The Morgan fingerprint density at radius 2 is 1.98 bits per heavy atom. The number of fused-ring (bicyclic) bond motifs is 1. The van der Waals surface area contributed by atoms with Crippen LogP contribution in [-0.2, 0) is 0 Å². The first-order valence-corrected chi connectivity index (χ1v) is 13.4. The van der Waals surface area contributed by atoms with Crippen LogP contribution in [0.4, 0.5) is 10.2 Å². The second-order valence-corrected chi connectivity index (χ2v) is 11.4. The molecule has 0 atom stereocenters. The van der Waals surface area contributed by atoms with E-state index in [0.717, 1.165) is 23.1 Å². The molecule has 5 heterocycles. The Morgan fingerprint density at radius 3 is 2.63 bits per heavy atom. The van der Waals surface area contributed by atoms with Crippen molar-refractivity contribution in [2.24, 2.45) is 0 Å². The fourth-order valence-electron chi connectivity index (χ4n) is 4.88. The summed E-state index contributed by atoms with van der Waals surface area (Å²) in [7, 11) is 0. The lowest BCUT2D eigenvalue weighted by Crippen LogP contribution is -2.53. The van der Waals surface area contributed by atoms with Crippen molar-refractivity contribution < 1.29 is 19.0 Å². The van der Waals surface area contributed by atoms with Gasteiger partial charge in [-0.15, -0.1) is 0 Å². The summed E-state index contributed by atoms with van der Waals surface area (Å²) >= 11 is 0. The van der Waals surface area contributed by atoms with Gasteiger partial charge in [-0.05, 0) is 64.8 Å². The van der Waals surface area contributed by atoms with Crippen molar-refractivity contribution in [2.75, 3.05) is 24.6 Å². The average Bonchev–Trinajstić information content (AvgIpc) is 3.36. The molecular formula is C30H32FN7O3. The van der Waals surface area contributed by atoms with E-state index in [-0.39, 0.29) is 12.2 Å². The topological polar surface area (TPSA) is 129 Å². The van der Waals surface area contributed by atoms with Gasteiger partial charge in [-0.1, -0.05) is 0 Å². The number of rotatable bonds is 7. The van der Waals surface area contributed by atoms with Crippen LogP contribution >= 0.6 is 0 Å². The number of nitrogens with zero attached hydrogens (tertiary/aromatic N) is 6. The molecule has 5 rings (SSSR count). The van der Waals surface area contributed by atoms with Crippen molar-refractivity contribution in [1.82, 2.24) is 24.9 Å². The molecule has 0 unspecified atom stereocenters. The summed E-state index contributed by atoms with van der Waals surface area (Å²) in [4.78, 5) is 23.5. The van der Waals surface area contributed by atoms with E-state index < -0.39 is 22.9 Å². The van der Waals surface area contributed by atoms with Gasteiger partial charge in [0, 0.05) is 41.6 Å². The van der Waals surface area contributed by atoms with Crippen molar-refractivity contribution in [3.05, 3.63) is 71.7 Å². The average molecular weight is 558 g/mol. The number of piperidine rings is 1. The zero-order valence-corrected chi connectivity index (χ0v) is 23.5. The van der Waals surface area contributed by atoms with Crippen LogP contribution in [0.1, 0.15) is 55.2 Å².